The molecule has 0 atom stereocenters. The standard InChI is InChI=1S/C34H50N4O2/c1-2-3-4-5-6-7-8-9-10-11-12-13-14-15-16-17-18-21-33(39)35-25-26-36-34(40)31-22-23-32(37-30-31)24-29-38-27-19-20-28-38/h3-4,6-7,9-10,12-13,15-16,22-23,30H,2,5,8,11,14,17-21,24-29H2,1H3,(H,35,39)(H,36,40)/b4-3-,7-6-,10-9-,13-12-,16-15-. The van der Waals surface area contributed by atoms with Crippen LogP contribution in [0.4, 0.5) is 0 Å². The Hall–Kier alpha value is -3.25. The predicted molar refractivity (Wildman–Crippen MR) is 167 cm³/mol. The van der Waals surface area contributed by atoms with Gasteiger partial charge in [-0.1, -0.05) is 67.7 Å². The van der Waals surface area contributed by atoms with E-state index in [9.17, 15) is 9.59 Å². The average molecular weight is 547 g/mol. The number of allylic oxidation sites excluding steroid dienone is 10. The molecule has 40 heavy (non-hydrogen) atoms. The molecule has 1 aromatic rings. The Labute approximate surface area is 242 Å². The quantitative estimate of drug-likeness (QED) is 0.145. The Kier molecular flexibility index (Phi) is 18.6. The van der Waals surface area contributed by atoms with E-state index in [1.54, 1.807) is 6.20 Å². The Bertz CT molecular complexity index is 970. The highest BCUT2D eigenvalue weighted by molar-refractivity contribution is 5.93. The first kappa shape index (κ1) is 33.0. The highest BCUT2D eigenvalue weighted by Crippen LogP contribution is 2.09. The minimum atomic E-state index is -0.161. The van der Waals surface area contributed by atoms with E-state index in [1.165, 1.54) is 25.9 Å². The first-order valence-electron chi connectivity index (χ1n) is 15.2. The molecule has 0 bridgehead atoms. The van der Waals surface area contributed by atoms with E-state index < -0.39 is 0 Å². The molecule has 0 radical (unpaired) electrons. The summed E-state index contributed by atoms with van der Waals surface area (Å²) in [5.41, 5.74) is 1.56. The van der Waals surface area contributed by atoms with Gasteiger partial charge in [-0.15, -0.1) is 0 Å². The number of carbonyl (C=O) groups is 2. The topological polar surface area (TPSA) is 74.3 Å². The van der Waals surface area contributed by atoms with Gasteiger partial charge in [-0.05, 0) is 83.0 Å². The van der Waals surface area contributed by atoms with E-state index in [2.05, 4.69) is 88.2 Å². The number of rotatable bonds is 20. The summed E-state index contributed by atoms with van der Waals surface area (Å²) >= 11 is 0. The predicted octanol–water partition coefficient (Wildman–Crippen LogP) is 6.49. The van der Waals surface area contributed by atoms with Crippen molar-refractivity contribution < 1.29 is 9.59 Å². The first-order chi connectivity index (χ1) is 19.7. The molecule has 218 valence electrons. The largest absolute Gasteiger partial charge is 0.354 e. The van der Waals surface area contributed by atoms with Gasteiger partial charge in [0.1, 0.15) is 0 Å². The Morgan fingerprint density at radius 3 is 2.02 bits per heavy atom. The van der Waals surface area contributed by atoms with Crippen molar-refractivity contribution >= 4 is 11.8 Å². The van der Waals surface area contributed by atoms with Crippen LogP contribution in [0.1, 0.15) is 87.2 Å². The molecule has 2 N–H and O–H groups in total. The molecule has 0 aliphatic carbocycles. The summed E-state index contributed by atoms with van der Waals surface area (Å²) in [6, 6.07) is 3.76. The Morgan fingerprint density at radius 2 is 1.43 bits per heavy atom. The number of aromatic nitrogens is 1. The smallest absolute Gasteiger partial charge is 0.252 e. The van der Waals surface area contributed by atoms with Crippen LogP contribution in [0.25, 0.3) is 0 Å². The van der Waals surface area contributed by atoms with E-state index in [0.29, 0.717) is 25.1 Å². The maximum Gasteiger partial charge on any atom is 0.252 e. The highest BCUT2D eigenvalue weighted by atomic mass is 16.2. The SMILES string of the molecule is CC/C=C\C/C=C\C/C=C\C/C=C\C/C=C\CCCC(=O)NCCNC(=O)c1ccc(CCN2CCCC2)nc1. The molecule has 0 spiro atoms. The number of nitrogens with zero attached hydrogens (tertiary/aromatic N) is 2. The fraction of sp³-hybridized carbons (Fsp3) is 0.500. The van der Waals surface area contributed by atoms with Crippen molar-refractivity contribution in [2.24, 2.45) is 0 Å². The molecule has 1 aromatic heterocycles. The van der Waals surface area contributed by atoms with Crippen LogP contribution < -0.4 is 10.6 Å². The number of carbonyl (C=O) groups excluding carboxylic acids is 2. The molecule has 1 fully saturated rings. The van der Waals surface area contributed by atoms with Crippen LogP contribution >= 0.6 is 0 Å². The van der Waals surface area contributed by atoms with Crippen molar-refractivity contribution in [1.29, 1.82) is 0 Å². The monoisotopic (exact) mass is 546 g/mol. The van der Waals surface area contributed by atoms with Gasteiger partial charge in [0.25, 0.3) is 5.91 Å². The van der Waals surface area contributed by atoms with Crippen LogP contribution in [0.2, 0.25) is 0 Å². The molecular formula is C34H50N4O2. The number of pyridine rings is 1. The second kappa shape index (κ2) is 22.6. The van der Waals surface area contributed by atoms with Gasteiger partial charge in [0.15, 0.2) is 0 Å². The maximum absolute atomic E-state index is 12.3. The summed E-state index contributed by atoms with van der Waals surface area (Å²) in [6.07, 6.45) is 34.1. The van der Waals surface area contributed by atoms with Crippen LogP contribution in [0.15, 0.2) is 79.1 Å². The molecule has 6 heteroatoms. The third-order valence-corrected chi connectivity index (χ3v) is 6.63. The lowest BCUT2D eigenvalue weighted by Crippen LogP contribution is -2.34. The molecule has 0 saturated carbocycles. The second-order valence-electron chi connectivity index (χ2n) is 10.0. The van der Waals surface area contributed by atoms with Gasteiger partial charge in [-0.3, -0.25) is 14.6 Å². The number of hydrogen-bond acceptors (Lipinski definition) is 4. The van der Waals surface area contributed by atoms with Gasteiger partial charge < -0.3 is 15.5 Å². The van der Waals surface area contributed by atoms with Crippen molar-refractivity contribution in [2.75, 3.05) is 32.7 Å². The van der Waals surface area contributed by atoms with Crippen LogP contribution in [-0.4, -0.2) is 54.4 Å². The van der Waals surface area contributed by atoms with Crippen molar-refractivity contribution in [3.63, 3.8) is 0 Å². The lowest BCUT2D eigenvalue weighted by atomic mass is 10.2. The number of likely N-dealkylation sites (tertiary alicyclic amines) is 1. The zero-order valence-corrected chi connectivity index (χ0v) is 24.5. The zero-order chi connectivity index (χ0) is 28.5. The van der Waals surface area contributed by atoms with E-state index >= 15 is 0 Å². The summed E-state index contributed by atoms with van der Waals surface area (Å²) in [6.45, 7) is 6.36. The molecule has 2 rings (SSSR count). The van der Waals surface area contributed by atoms with Gasteiger partial charge >= 0.3 is 0 Å². The summed E-state index contributed by atoms with van der Waals surface area (Å²) in [7, 11) is 0. The molecule has 1 saturated heterocycles. The number of nitrogens with one attached hydrogen (secondary N) is 2. The second-order valence-corrected chi connectivity index (χ2v) is 10.0. The fourth-order valence-electron chi connectivity index (χ4n) is 4.30. The molecular weight excluding hydrogens is 496 g/mol. The first-order valence-corrected chi connectivity index (χ1v) is 15.2. The van der Waals surface area contributed by atoms with Crippen LogP contribution in [0.5, 0.6) is 0 Å². The average Bonchev–Trinajstić information content (AvgIpc) is 3.50. The molecule has 6 nitrogen and oxygen atoms in total. The lowest BCUT2D eigenvalue weighted by Gasteiger charge is -2.13. The normalized spacial score (nSPS) is 14.5. The van der Waals surface area contributed by atoms with Crippen molar-refractivity contribution in [1.82, 2.24) is 20.5 Å². The molecule has 0 unspecified atom stereocenters. The van der Waals surface area contributed by atoms with E-state index in [0.717, 1.165) is 63.6 Å². The van der Waals surface area contributed by atoms with Gasteiger partial charge in [0, 0.05) is 44.4 Å². The zero-order valence-electron chi connectivity index (χ0n) is 24.5. The summed E-state index contributed by atoms with van der Waals surface area (Å²) in [5, 5.41) is 5.72. The minimum absolute atomic E-state index is 0.0191. The van der Waals surface area contributed by atoms with Gasteiger partial charge in [0.05, 0.1) is 5.56 Å². The van der Waals surface area contributed by atoms with Crippen LogP contribution in [0.3, 0.4) is 0 Å². The van der Waals surface area contributed by atoms with Crippen molar-refractivity contribution in [2.45, 2.75) is 77.6 Å². The van der Waals surface area contributed by atoms with Gasteiger partial charge in [0.2, 0.25) is 5.91 Å². The summed E-state index contributed by atoms with van der Waals surface area (Å²) < 4.78 is 0. The lowest BCUT2D eigenvalue weighted by molar-refractivity contribution is -0.121. The molecule has 0 aromatic carbocycles. The van der Waals surface area contributed by atoms with Crippen LogP contribution in [0, 0.1) is 0 Å². The van der Waals surface area contributed by atoms with Gasteiger partial charge in [-0.25, -0.2) is 0 Å². The minimum Gasteiger partial charge on any atom is -0.354 e. The fourth-order valence-corrected chi connectivity index (χ4v) is 4.30. The summed E-state index contributed by atoms with van der Waals surface area (Å²) in [4.78, 5) is 31.2. The maximum atomic E-state index is 12.3. The third-order valence-electron chi connectivity index (χ3n) is 6.63. The van der Waals surface area contributed by atoms with Crippen LogP contribution in [-0.2, 0) is 11.2 Å². The molecule has 2 heterocycles. The van der Waals surface area contributed by atoms with Crippen molar-refractivity contribution in [3.05, 3.63) is 90.3 Å². The molecule has 2 amide bonds. The number of amides is 2. The highest BCUT2D eigenvalue weighted by Gasteiger charge is 2.12. The Balaban J connectivity index is 1.43. The third kappa shape index (κ3) is 16.7. The summed E-state index contributed by atoms with van der Waals surface area (Å²) in [5.74, 6) is -0.142. The number of unbranched alkanes of at least 4 members (excludes halogenated alkanes) is 1. The van der Waals surface area contributed by atoms with E-state index in [4.69, 9.17) is 0 Å². The van der Waals surface area contributed by atoms with Crippen molar-refractivity contribution in [3.8, 4) is 0 Å². The van der Waals surface area contributed by atoms with E-state index in [-0.39, 0.29) is 11.8 Å². The Morgan fingerprint density at radius 1 is 0.825 bits per heavy atom. The molecule has 1 aliphatic rings. The molecule has 1 aliphatic heterocycles. The van der Waals surface area contributed by atoms with Gasteiger partial charge in [-0.2, -0.15) is 0 Å². The number of hydrogen-bond donors (Lipinski definition) is 2. The van der Waals surface area contributed by atoms with E-state index in [1.807, 2.05) is 12.1 Å².